The Morgan fingerprint density at radius 3 is 2.14 bits per heavy atom. The number of alkyl halides is 3. The number of methoxy groups -OCH3 is 3. The molecule has 35 heavy (non-hydrogen) atoms. The molecule has 0 saturated heterocycles. The molecule has 0 spiro atoms. The quantitative estimate of drug-likeness (QED) is 0.432. The van der Waals surface area contributed by atoms with Crippen molar-refractivity contribution in [3.8, 4) is 28.6 Å². The van der Waals surface area contributed by atoms with E-state index < -0.39 is 23.7 Å². The van der Waals surface area contributed by atoms with E-state index in [1.807, 2.05) is 13.8 Å². The third kappa shape index (κ3) is 5.67. The zero-order valence-electron chi connectivity index (χ0n) is 19.9. The van der Waals surface area contributed by atoms with Gasteiger partial charge in [0.15, 0.2) is 11.5 Å². The van der Waals surface area contributed by atoms with E-state index in [0.29, 0.717) is 29.2 Å². The average Bonchev–Trinajstić information content (AvgIpc) is 3.35. The molecule has 0 radical (unpaired) electrons. The van der Waals surface area contributed by atoms with Gasteiger partial charge in [0.05, 0.1) is 26.9 Å². The Kier molecular flexibility index (Phi) is 7.88. The standard InChI is InChI=1S/C24H26F3N3O5/c1-6-13(2)19(28-22(31)14-7-9-16(10-8-14)24(25,26)27)23-29-21(30-35-23)15-11-17(32-3)20(34-5)18(12-15)33-4/h7-13,19H,6H2,1-5H3,(H,28,31)/t13-,19-/m0/s1. The first-order valence-corrected chi connectivity index (χ1v) is 10.7. The molecule has 0 aliphatic rings. The number of carbonyl (C=O) groups is 1. The lowest BCUT2D eigenvalue weighted by molar-refractivity contribution is -0.137. The molecule has 188 valence electrons. The Balaban J connectivity index is 1.89. The van der Waals surface area contributed by atoms with Gasteiger partial charge in [-0.05, 0) is 42.3 Å². The maximum atomic E-state index is 12.8. The Bertz CT molecular complexity index is 1140. The molecule has 0 saturated carbocycles. The highest BCUT2D eigenvalue weighted by Gasteiger charge is 2.31. The van der Waals surface area contributed by atoms with Crippen LogP contribution in [0.5, 0.6) is 17.2 Å². The summed E-state index contributed by atoms with van der Waals surface area (Å²) in [5.74, 6) is 0.936. The number of halogens is 3. The maximum Gasteiger partial charge on any atom is 0.416 e. The summed E-state index contributed by atoms with van der Waals surface area (Å²) in [5.41, 5.74) is -0.221. The molecule has 8 nitrogen and oxygen atoms in total. The van der Waals surface area contributed by atoms with E-state index in [1.165, 1.54) is 21.3 Å². The number of rotatable bonds is 9. The minimum absolute atomic E-state index is 0.0793. The SMILES string of the molecule is CC[C@H](C)[C@H](NC(=O)c1ccc(C(F)(F)F)cc1)c1nc(-c2cc(OC)c(OC)c(OC)c2)no1. The summed E-state index contributed by atoms with van der Waals surface area (Å²) in [6.45, 7) is 3.82. The molecule has 1 amide bonds. The van der Waals surface area contributed by atoms with Crippen LogP contribution in [0.15, 0.2) is 40.9 Å². The minimum Gasteiger partial charge on any atom is -0.493 e. The number of nitrogens with zero attached hydrogens (tertiary/aromatic N) is 2. The van der Waals surface area contributed by atoms with Gasteiger partial charge in [-0.3, -0.25) is 4.79 Å². The topological polar surface area (TPSA) is 95.7 Å². The van der Waals surface area contributed by atoms with Crippen LogP contribution in [0.25, 0.3) is 11.4 Å². The highest BCUT2D eigenvalue weighted by molar-refractivity contribution is 5.94. The molecule has 2 atom stereocenters. The van der Waals surface area contributed by atoms with E-state index in [0.717, 1.165) is 24.3 Å². The number of hydrogen-bond donors (Lipinski definition) is 1. The van der Waals surface area contributed by atoms with E-state index in [2.05, 4.69) is 15.5 Å². The predicted molar refractivity (Wildman–Crippen MR) is 120 cm³/mol. The summed E-state index contributed by atoms with van der Waals surface area (Å²) in [6, 6.07) is 6.63. The molecule has 0 aliphatic carbocycles. The van der Waals surface area contributed by atoms with Gasteiger partial charge in [-0.1, -0.05) is 25.4 Å². The molecule has 3 aromatic rings. The van der Waals surface area contributed by atoms with Crippen molar-refractivity contribution in [2.75, 3.05) is 21.3 Å². The largest absolute Gasteiger partial charge is 0.493 e. The summed E-state index contributed by atoms with van der Waals surface area (Å²) >= 11 is 0. The number of amides is 1. The predicted octanol–water partition coefficient (Wildman–Crippen LogP) is 5.30. The zero-order valence-corrected chi connectivity index (χ0v) is 19.9. The first kappa shape index (κ1) is 25.9. The number of hydrogen-bond acceptors (Lipinski definition) is 7. The zero-order chi connectivity index (χ0) is 25.8. The van der Waals surface area contributed by atoms with Crippen LogP contribution in [0.3, 0.4) is 0 Å². The number of nitrogens with one attached hydrogen (secondary N) is 1. The van der Waals surface area contributed by atoms with Crippen molar-refractivity contribution in [1.82, 2.24) is 15.5 Å². The minimum atomic E-state index is -4.48. The van der Waals surface area contributed by atoms with Crippen LogP contribution in [-0.4, -0.2) is 37.4 Å². The van der Waals surface area contributed by atoms with E-state index in [4.69, 9.17) is 18.7 Å². The third-order valence-electron chi connectivity index (χ3n) is 5.60. The number of ether oxygens (including phenoxy) is 3. The summed E-state index contributed by atoms with van der Waals surface area (Å²) in [4.78, 5) is 17.3. The molecule has 1 aromatic heterocycles. The first-order chi connectivity index (χ1) is 16.6. The lowest BCUT2D eigenvalue weighted by atomic mass is 9.98. The fourth-order valence-corrected chi connectivity index (χ4v) is 3.41. The van der Waals surface area contributed by atoms with Crippen molar-refractivity contribution in [1.29, 1.82) is 0 Å². The summed E-state index contributed by atoms with van der Waals surface area (Å²) < 4.78 is 60.0. The smallest absolute Gasteiger partial charge is 0.416 e. The first-order valence-electron chi connectivity index (χ1n) is 10.7. The van der Waals surface area contributed by atoms with Crippen LogP contribution in [-0.2, 0) is 6.18 Å². The molecular weight excluding hydrogens is 467 g/mol. The number of benzene rings is 2. The van der Waals surface area contributed by atoms with Crippen molar-refractivity contribution in [2.24, 2.45) is 5.92 Å². The summed E-state index contributed by atoms with van der Waals surface area (Å²) in [6.07, 6.45) is -3.82. The van der Waals surface area contributed by atoms with Crippen LogP contribution in [0.2, 0.25) is 0 Å². The van der Waals surface area contributed by atoms with Crippen LogP contribution in [0.4, 0.5) is 13.2 Å². The van der Waals surface area contributed by atoms with Crippen LogP contribution >= 0.6 is 0 Å². The summed E-state index contributed by atoms with van der Waals surface area (Å²) in [7, 11) is 4.46. The fraction of sp³-hybridized carbons (Fsp3) is 0.375. The van der Waals surface area contributed by atoms with Crippen molar-refractivity contribution < 1.29 is 36.7 Å². The van der Waals surface area contributed by atoms with Gasteiger partial charge in [-0.2, -0.15) is 18.2 Å². The lowest BCUT2D eigenvalue weighted by Gasteiger charge is -2.21. The Morgan fingerprint density at radius 1 is 1.06 bits per heavy atom. The second-order valence-corrected chi connectivity index (χ2v) is 7.78. The van der Waals surface area contributed by atoms with Gasteiger partial charge in [-0.15, -0.1) is 0 Å². The monoisotopic (exact) mass is 493 g/mol. The normalized spacial score (nSPS) is 13.1. The summed E-state index contributed by atoms with van der Waals surface area (Å²) in [5, 5.41) is 6.84. The van der Waals surface area contributed by atoms with Gasteiger partial charge in [0, 0.05) is 11.1 Å². The second-order valence-electron chi connectivity index (χ2n) is 7.78. The van der Waals surface area contributed by atoms with Gasteiger partial charge < -0.3 is 24.1 Å². The Labute approximate surface area is 200 Å². The van der Waals surface area contributed by atoms with Crippen molar-refractivity contribution in [3.63, 3.8) is 0 Å². The van der Waals surface area contributed by atoms with Crippen LogP contribution in [0, 0.1) is 5.92 Å². The third-order valence-corrected chi connectivity index (χ3v) is 5.60. The van der Waals surface area contributed by atoms with Gasteiger partial charge in [0.2, 0.25) is 17.5 Å². The molecule has 0 unspecified atom stereocenters. The lowest BCUT2D eigenvalue weighted by Crippen LogP contribution is -2.32. The average molecular weight is 493 g/mol. The van der Waals surface area contributed by atoms with Crippen molar-refractivity contribution >= 4 is 5.91 Å². The second kappa shape index (κ2) is 10.7. The van der Waals surface area contributed by atoms with Crippen LogP contribution in [0.1, 0.15) is 48.1 Å². The molecule has 3 rings (SSSR count). The van der Waals surface area contributed by atoms with Crippen molar-refractivity contribution in [3.05, 3.63) is 53.4 Å². The molecule has 0 fully saturated rings. The highest BCUT2D eigenvalue weighted by Crippen LogP contribution is 2.41. The number of carbonyl (C=O) groups excluding carboxylic acids is 1. The molecule has 0 bridgehead atoms. The molecule has 11 heteroatoms. The van der Waals surface area contributed by atoms with Gasteiger partial charge in [-0.25, -0.2) is 0 Å². The molecule has 0 aliphatic heterocycles. The van der Waals surface area contributed by atoms with Gasteiger partial charge >= 0.3 is 6.18 Å². The van der Waals surface area contributed by atoms with Crippen molar-refractivity contribution in [2.45, 2.75) is 32.5 Å². The van der Waals surface area contributed by atoms with E-state index in [9.17, 15) is 18.0 Å². The fourth-order valence-electron chi connectivity index (χ4n) is 3.41. The number of aromatic nitrogens is 2. The molecule has 1 heterocycles. The molecule has 1 N–H and O–H groups in total. The van der Waals surface area contributed by atoms with E-state index >= 15 is 0 Å². The van der Waals surface area contributed by atoms with Gasteiger partial charge in [0.25, 0.3) is 5.91 Å². The van der Waals surface area contributed by atoms with E-state index in [-0.39, 0.29) is 23.2 Å². The van der Waals surface area contributed by atoms with Gasteiger partial charge in [0.1, 0.15) is 6.04 Å². The maximum absolute atomic E-state index is 12.8. The molecular formula is C24H26F3N3O5. The highest BCUT2D eigenvalue weighted by atomic mass is 19.4. The van der Waals surface area contributed by atoms with E-state index in [1.54, 1.807) is 12.1 Å². The Morgan fingerprint density at radius 2 is 1.66 bits per heavy atom. The molecule has 2 aromatic carbocycles. The Hall–Kier alpha value is -3.76. The van der Waals surface area contributed by atoms with Crippen LogP contribution < -0.4 is 19.5 Å².